The molecule has 0 saturated carbocycles. The zero-order chi connectivity index (χ0) is 40.1. The molecule has 3 aliphatic rings. The molecule has 0 N–H and O–H groups in total. The average Bonchev–Trinajstić information content (AvgIpc) is 3.51. The largest absolute Gasteiger partial charge is 0.455 e. The average molecular weight is 749 g/mol. The van der Waals surface area contributed by atoms with Crippen LogP contribution >= 0.6 is 0 Å². The number of furan rings is 1. The van der Waals surface area contributed by atoms with Crippen LogP contribution in [0.4, 0.5) is 28.4 Å². The number of hydrogen-bond donors (Lipinski definition) is 0. The number of nitrogens with zero attached hydrogens (tertiary/aromatic N) is 2. The van der Waals surface area contributed by atoms with E-state index in [1.54, 1.807) is 0 Å². The highest BCUT2D eigenvalue weighted by Gasteiger charge is 2.50. The van der Waals surface area contributed by atoms with Gasteiger partial charge < -0.3 is 18.9 Å². The lowest BCUT2D eigenvalue weighted by molar-refractivity contribution is 0.474. The third-order valence-corrected chi connectivity index (χ3v) is 12.6. The maximum Gasteiger partial charge on any atom is 0.333 e. The molecule has 0 unspecified atom stereocenters. The number of anilines is 5. The van der Waals surface area contributed by atoms with Crippen molar-refractivity contribution in [3.05, 3.63) is 125 Å². The van der Waals surface area contributed by atoms with Crippen molar-refractivity contribution in [3.8, 4) is 22.6 Å². The normalized spacial score (nSPS) is 14.7. The molecular formula is C52H53BN2O2. The number of para-hydroxylation sites is 1. The van der Waals surface area contributed by atoms with Gasteiger partial charge in [0.15, 0.2) is 5.75 Å². The standard InChI is InChI=1S/C52H53BN2O2/c1-49(2,3)30-17-21-34(22-18-30)54-40-26-31(50(4,5)6)19-23-38(40)53-46-37(25-33(27-41(46)54)52(10,11)12)45-47-44(29-36-35-15-13-14-16-42(35)57-48(36)45)56-43-28-32(51(7,8)9)20-24-39(43)55(47)53/h13-29H,1-12H3. The molecule has 0 fully saturated rings. The summed E-state index contributed by atoms with van der Waals surface area (Å²) in [5.74, 6) is 1.75. The molecule has 286 valence electrons. The summed E-state index contributed by atoms with van der Waals surface area (Å²) < 4.78 is 14.1. The summed E-state index contributed by atoms with van der Waals surface area (Å²) in [6.45, 7) is 27.5. The van der Waals surface area contributed by atoms with Crippen LogP contribution in [0.25, 0.3) is 33.1 Å². The van der Waals surface area contributed by atoms with E-state index in [-0.39, 0.29) is 28.5 Å². The molecule has 10 rings (SSSR count). The van der Waals surface area contributed by atoms with Crippen molar-refractivity contribution in [3.63, 3.8) is 0 Å². The van der Waals surface area contributed by atoms with E-state index < -0.39 is 0 Å². The minimum absolute atomic E-state index is 0.0381. The maximum absolute atomic E-state index is 7.13. The highest BCUT2D eigenvalue weighted by Crippen LogP contribution is 2.59. The lowest BCUT2D eigenvalue weighted by Gasteiger charge is -2.48. The number of fused-ring (bicyclic) bond motifs is 10. The van der Waals surface area contributed by atoms with Crippen LogP contribution < -0.4 is 25.4 Å². The van der Waals surface area contributed by atoms with Gasteiger partial charge in [0.1, 0.15) is 16.9 Å². The Morgan fingerprint density at radius 3 is 1.81 bits per heavy atom. The summed E-state index contributed by atoms with van der Waals surface area (Å²) in [5.41, 5.74) is 17.4. The molecule has 0 atom stereocenters. The molecule has 3 aliphatic heterocycles. The zero-order valence-electron chi connectivity index (χ0n) is 35.6. The van der Waals surface area contributed by atoms with E-state index in [9.17, 15) is 0 Å². The maximum atomic E-state index is 7.13. The lowest BCUT2D eigenvalue weighted by atomic mass is 9.43. The lowest BCUT2D eigenvalue weighted by Crippen LogP contribution is -2.62. The molecule has 0 aliphatic carbocycles. The Hall–Kier alpha value is -5.42. The van der Waals surface area contributed by atoms with Gasteiger partial charge in [0.05, 0.1) is 16.9 Å². The van der Waals surface area contributed by atoms with Crippen LogP contribution in [-0.4, -0.2) is 6.85 Å². The predicted molar refractivity (Wildman–Crippen MR) is 242 cm³/mol. The van der Waals surface area contributed by atoms with Crippen LogP contribution in [-0.2, 0) is 21.7 Å². The predicted octanol–water partition coefficient (Wildman–Crippen LogP) is 13.6. The fourth-order valence-corrected chi connectivity index (χ4v) is 9.29. The Bertz CT molecular complexity index is 2820. The Morgan fingerprint density at radius 2 is 1.12 bits per heavy atom. The molecule has 1 aromatic heterocycles. The van der Waals surface area contributed by atoms with Crippen LogP contribution in [0.15, 0.2) is 108 Å². The van der Waals surface area contributed by atoms with Crippen molar-refractivity contribution in [2.75, 3.05) is 9.71 Å². The first-order valence-corrected chi connectivity index (χ1v) is 20.6. The summed E-state index contributed by atoms with van der Waals surface area (Å²) in [7, 11) is 0. The van der Waals surface area contributed by atoms with Crippen LogP contribution in [0.3, 0.4) is 0 Å². The van der Waals surface area contributed by atoms with Gasteiger partial charge in [0, 0.05) is 27.8 Å². The smallest absolute Gasteiger partial charge is 0.333 e. The fourth-order valence-electron chi connectivity index (χ4n) is 9.29. The van der Waals surface area contributed by atoms with Crippen LogP contribution in [0.2, 0.25) is 0 Å². The van der Waals surface area contributed by atoms with E-state index in [4.69, 9.17) is 9.15 Å². The molecule has 6 aromatic carbocycles. The van der Waals surface area contributed by atoms with Gasteiger partial charge in [0.2, 0.25) is 0 Å². The molecule has 0 spiro atoms. The minimum atomic E-state index is -0.123. The fraction of sp³-hybridized carbons (Fsp3) is 0.308. The monoisotopic (exact) mass is 748 g/mol. The second-order valence-electron chi connectivity index (χ2n) is 20.7. The number of ether oxygens (including phenoxy) is 1. The third-order valence-electron chi connectivity index (χ3n) is 12.6. The minimum Gasteiger partial charge on any atom is -0.455 e. The van der Waals surface area contributed by atoms with Crippen molar-refractivity contribution >= 4 is 68.1 Å². The van der Waals surface area contributed by atoms with Crippen molar-refractivity contribution in [1.29, 1.82) is 0 Å². The van der Waals surface area contributed by atoms with Crippen molar-refractivity contribution in [2.24, 2.45) is 0 Å². The third kappa shape index (κ3) is 5.34. The molecule has 0 bridgehead atoms. The van der Waals surface area contributed by atoms with Crippen LogP contribution in [0.5, 0.6) is 11.5 Å². The number of hydrogen-bond acceptors (Lipinski definition) is 4. The van der Waals surface area contributed by atoms with E-state index in [0.29, 0.717) is 0 Å². The summed E-state index contributed by atoms with van der Waals surface area (Å²) in [6, 6.07) is 39.0. The summed E-state index contributed by atoms with van der Waals surface area (Å²) in [6.07, 6.45) is 0. The molecule has 57 heavy (non-hydrogen) atoms. The van der Waals surface area contributed by atoms with Crippen LogP contribution in [0.1, 0.15) is 105 Å². The van der Waals surface area contributed by atoms with Gasteiger partial charge in [-0.05, 0) is 109 Å². The zero-order valence-corrected chi connectivity index (χ0v) is 35.6. The van der Waals surface area contributed by atoms with Gasteiger partial charge >= 0.3 is 6.85 Å². The first kappa shape index (κ1) is 36.0. The highest BCUT2D eigenvalue weighted by molar-refractivity contribution is 6.94. The molecule has 0 amide bonds. The Kier molecular flexibility index (Phi) is 7.31. The molecule has 4 nitrogen and oxygen atoms in total. The topological polar surface area (TPSA) is 28.9 Å². The van der Waals surface area contributed by atoms with E-state index in [0.717, 1.165) is 56.1 Å². The van der Waals surface area contributed by atoms with Gasteiger partial charge in [-0.3, -0.25) is 0 Å². The summed E-state index contributed by atoms with van der Waals surface area (Å²) in [5, 5.41) is 2.17. The quantitative estimate of drug-likeness (QED) is 0.156. The van der Waals surface area contributed by atoms with Gasteiger partial charge in [-0.1, -0.05) is 138 Å². The van der Waals surface area contributed by atoms with Crippen molar-refractivity contribution < 1.29 is 9.15 Å². The van der Waals surface area contributed by atoms with Crippen molar-refractivity contribution in [1.82, 2.24) is 0 Å². The first-order valence-electron chi connectivity index (χ1n) is 20.6. The Morgan fingerprint density at radius 1 is 0.509 bits per heavy atom. The number of rotatable bonds is 1. The Labute approximate surface area is 338 Å². The van der Waals surface area contributed by atoms with E-state index in [1.165, 1.54) is 50.1 Å². The first-order chi connectivity index (χ1) is 26.8. The molecular weight excluding hydrogens is 695 g/mol. The molecule has 4 heterocycles. The molecule has 5 heteroatoms. The Balaban J connectivity index is 1.37. The van der Waals surface area contributed by atoms with Gasteiger partial charge in [-0.15, -0.1) is 0 Å². The second-order valence-corrected chi connectivity index (χ2v) is 20.7. The van der Waals surface area contributed by atoms with Gasteiger partial charge in [0.25, 0.3) is 0 Å². The SMILES string of the molecule is CC(C)(C)c1ccc(N2c3cc(C(C)(C)C)ccc3B3c4c(cc(C(C)(C)C)cc42)-c2c4c(cc5c2oc2ccccc25)Oc2cc(C(C)(C)C)ccc2N34)cc1. The number of benzene rings is 6. The molecule has 7 aromatic rings. The molecule has 0 radical (unpaired) electrons. The van der Waals surface area contributed by atoms with E-state index in [1.807, 2.05) is 0 Å². The van der Waals surface area contributed by atoms with Crippen molar-refractivity contribution in [2.45, 2.75) is 105 Å². The van der Waals surface area contributed by atoms with Crippen LogP contribution in [0, 0.1) is 0 Å². The summed E-state index contributed by atoms with van der Waals surface area (Å²) in [4.78, 5) is 5.14. The van der Waals surface area contributed by atoms with Gasteiger partial charge in [-0.2, -0.15) is 0 Å². The van der Waals surface area contributed by atoms with E-state index in [2.05, 4.69) is 196 Å². The summed E-state index contributed by atoms with van der Waals surface area (Å²) >= 11 is 0. The molecule has 0 saturated heterocycles. The highest BCUT2D eigenvalue weighted by atomic mass is 16.5. The second kappa shape index (κ2) is 11.6. The van der Waals surface area contributed by atoms with Gasteiger partial charge in [-0.25, -0.2) is 0 Å². The van der Waals surface area contributed by atoms with E-state index >= 15 is 0 Å².